The molecule has 1 aliphatic carbocycles. The maximum absolute atomic E-state index is 11.5. The first-order valence-electron chi connectivity index (χ1n) is 6.66. The fourth-order valence-corrected chi connectivity index (χ4v) is 1.86. The Labute approximate surface area is 116 Å². The van der Waals surface area contributed by atoms with Crippen LogP contribution in [0.2, 0.25) is 0 Å². The zero-order valence-electron chi connectivity index (χ0n) is 11.0. The Morgan fingerprint density at radius 2 is 2.05 bits per heavy atom. The van der Waals surface area contributed by atoms with Crippen molar-refractivity contribution in [2.75, 3.05) is 6.54 Å². The van der Waals surface area contributed by atoms with Crippen LogP contribution in [0.4, 0.5) is 4.79 Å². The van der Waals surface area contributed by atoms with Crippen molar-refractivity contribution in [2.24, 2.45) is 0 Å². The summed E-state index contributed by atoms with van der Waals surface area (Å²) >= 11 is 0. The molecule has 20 heavy (non-hydrogen) atoms. The number of aromatic nitrogens is 4. The molecule has 0 aromatic carbocycles. The standard InChI is InChI=1S/C13H16N6O/c20-13(18-10-2-3-10)17-7-9-19-8-6-16-12(19)11-14-4-1-5-15-11/h1,4-6,8,10H,2-3,7,9H2,(H2,17,18,20). The fourth-order valence-electron chi connectivity index (χ4n) is 1.86. The van der Waals surface area contributed by atoms with Gasteiger partial charge >= 0.3 is 6.03 Å². The van der Waals surface area contributed by atoms with Crippen molar-refractivity contribution >= 4 is 6.03 Å². The van der Waals surface area contributed by atoms with Crippen LogP contribution in [0, 0.1) is 0 Å². The van der Waals surface area contributed by atoms with Crippen molar-refractivity contribution < 1.29 is 4.79 Å². The van der Waals surface area contributed by atoms with E-state index >= 15 is 0 Å². The third kappa shape index (κ3) is 3.11. The largest absolute Gasteiger partial charge is 0.336 e. The van der Waals surface area contributed by atoms with Crippen LogP contribution in [-0.4, -0.2) is 38.1 Å². The topological polar surface area (TPSA) is 84.7 Å². The predicted molar refractivity (Wildman–Crippen MR) is 72.8 cm³/mol. The molecule has 1 fully saturated rings. The number of imidazole rings is 1. The molecule has 0 radical (unpaired) electrons. The Hall–Kier alpha value is -2.44. The van der Waals surface area contributed by atoms with Crippen molar-refractivity contribution in [1.82, 2.24) is 30.2 Å². The highest BCUT2D eigenvalue weighted by Crippen LogP contribution is 2.18. The first-order valence-corrected chi connectivity index (χ1v) is 6.66. The van der Waals surface area contributed by atoms with Crippen LogP contribution >= 0.6 is 0 Å². The lowest BCUT2D eigenvalue weighted by atomic mass is 10.5. The third-order valence-electron chi connectivity index (χ3n) is 3.03. The molecule has 2 amide bonds. The van der Waals surface area contributed by atoms with Gasteiger partial charge in [-0.2, -0.15) is 0 Å². The molecule has 3 rings (SSSR count). The van der Waals surface area contributed by atoms with Gasteiger partial charge in [0.2, 0.25) is 0 Å². The Kier molecular flexibility index (Phi) is 3.58. The summed E-state index contributed by atoms with van der Waals surface area (Å²) in [5.74, 6) is 1.29. The summed E-state index contributed by atoms with van der Waals surface area (Å²) in [5.41, 5.74) is 0. The Morgan fingerprint density at radius 3 is 2.80 bits per heavy atom. The number of hydrogen-bond acceptors (Lipinski definition) is 4. The monoisotopic (exact) mass is 272 g/mol. The van der Waals surface area contributed by atoms with E-state index in [4.69, 9.17) is 0 Å². The highest BCUT2D eigenvalue weighted by molar-refractivity contribution is 5.74. The lowest BCUT2D eigenvalue weighted by Crippen LogP contribution is -2.38. The van der Waals surface area contributed by atoms with Gasteiger partial charge in [-0.05, 0) is 18.9 Å². The van der Waals surface area contributed by atoms with Gasteiger partial charge in [-0.15, -0.1) is 0 Å². The first-order chi connectivity index (χ1) is 9.83. The van der Waals surface area contributed by atoms with Gasteiger partial charge in [0.05, 0.1) is 0 Å². The molecule has 1 aliphatic rings. The second-order valence-electron chi connectivity index (χ2n) is 4.69. The average molecular weight is 272 g/mol. The van der Waals surface area contributed by atoms with E-state index in [1.807, 2.05) is 10.8 Å². The Balaban J connectivity index is 1.55. The third-order valence-corrected chi connectivity index (χ3v) is 3.03. The zero-order chi connectivity index (χ0) is 13.8. The second kappa shape index (κ2) is 5.68. The fraction of sp³-hybridized carbons (Fsp3) is 0.385. The van der Waals surface area contributed by atoms with Gasteiger partial charge < -0.3 is 15.2 Å². The molecule has 7 heteroatoms. The van der Waals surface area contributed by atoms with Gasteiger partial charge in [0.25, 0.3) is 0 Å². The van der Waals surface area contributed by atoms with Crippen LogP contribution in [0.25, 0.3) is 11.6 Å². The number of carbonyl (C=O) groups excluding carboxylic acids is 1. The molecule has 2 heterocycles. The normalized spacial score (nSPS) is 14.0. The summed E-state index contributed by atoms with van der Waals surface area (Å²) in [5, 5.41) is 5.71. The van der Waals surface area contributed by atoms with Gasteiger partial charge in [0.15, 0.2) is 11.6 Å². The van der Waals surface area contributed by atoms with E-state index < -0.39 is 0 Å². The summed E-state index contributed by atoms with van der Waals surface area (Å²) in [6.45, 7) is 1.17. The van der Waals surface area contributed by atoms with E-state index in [0.29, 0.717) is 30.8 Å². The van der Waals surface area contributed by atoms with E-state index in [0.717, 1.165) is 12.8 Å². The smallest absolute Gasteiger partial charge is 0.315 e. The molecule has 0 aliphatic heterocycles. The minimum absolute atomic E-state index is 0.106. The van der Waals surface area contributed by atoms with Crippen LogP contribution < -0.4 is 10.6 Å². The molecule has 0 unspecified atom stereocenters. The zero-order valence-corrected chi connectivity index (χ0v) is 11.0. The summed E-state index contributed by atoms with van der Waals surface area (Å²) in [6, 6.07) is 2.03. The van der Waals surface area contributed by atoms with Gasteiger partial charge in [0.1, 0.15) is 0 Å². The molecular weight excluding hydrogens is 256 g/mol. The minimum atomic E-state index is -0.106. The summed E-state index contributed by atoms with van der Waals surface area (Å²) < 4.78 is 1.92. The molecule has 0 atom stereocenters. The Morgan fingerprint density at radius 1 is 1.25 bits per heavy atom. The molecule has 0 bridgehead atoms. The average Bonchev–Trinajstić information content (AvgIpc) is 3.15. The number of hydrogen-bond donors (Lipinski definition) is 2. The number of urea groups is 1. The van der Waals surface area contributed by atoms with Gasteiger partial charge in [-0.3, -0.25) is 0 Å². The van der Waals surface area contributed by atoms with E-state index in [9.17, 15) is 4.79 Å². The molecule has 0 spiro atoms. The first kappa shape index (κ1) is 12.6. The highest BCUT2D eigenvalue weighted by Gasteiger charge is 2.22. The summed E-state index contributed by atoms with van der Waals surface area (Å²) in [6.07, 6.45) is 9.10. The van der Waals surface area contributed by atoms with Crippen LogP contribution in [0.15, 0.2) is 30.9 Å². The molecule has 2 aromatic rings. The molecule has 2 N–H and O–H groups in total. The van der Waals surface area contributed by atoms with Crippen molar-refractivity contribution in [3.63, 3.8) is 0 Å². The van der Waals surface area contributed by atoms with Crippen LogP contribution in [0.3, 0.4) is 0 Å². The van der Waals surface area contributed by atoms with Crippen molar-refractivity contribution in [3.8, 4) is 11.6 Å². The van der Waals surface area contributed by atoms with E-state index in [1.54, 1.807) is 24.7 Å². The minimum Gasteiger partial charge on any atom is -0.336 e. The Bertz CT molecular complexity index is 578. The van der Waals surface area contributed by atoms with Crippen LogP contribution in [-0.2, 0) is 6.54 Å². The SMILES string of the molecule is O=C(NCCn1ccnc1-c1ncccn1)NC1CC1. The molecular formula is C13H16N6O. The summed E-state index contributed by atoms with van der Waals surface area (Å²) in [4.78, 5) is 24.1. The quantitative estimate of drug-likeness (QED) is 0.843. The van der Waals surface area contributed by atoms with E-state index in [-0.39, 0.29) is 6.03 Å². The number of amides is 2. The van der Waals surface area contributed by atoms with Gasteiger partial charge in [0, 0.05) is 43.9 Å². The maximum atomic E-state index is 11.5. The van der Waals surface area contributed by atoms with Crippen molar-refractivity contribution in [3.05, 3.63) is 30.9 Å². The molecule has 1 saturated carbocycles. The van der Waals surface area contributed by atoms with Crippen molar-refractivity contribution in [1.29, 1.82) is 0 Å². The number of nitrogens with one attached hydrogen (secondary N) is 2. The number of rotatable bonds is 5. The molecule has 2 aromatic heterocycles. The number of nitrogens with zero attached hydrogens (tertiary/aromatic N) is 4. The lowest BCUT2D eigenvalue weighted by molar-refractivity contribution is 0.240. The number of carbonyl (C=O) groups is 1. The van der Waals surface area contributed by atoms with Crippen molar-refractivity contribution in [2.45, 2.75) is 25.4 Å². The lowest BCUT2D eigenvalue weighted by Gasteiger charge is -2.09. The molecule has 0 saturated heterocycles. The maximum Gasteiger partial charge on any atom is 0.315 e. The van der Waals surface area contributed by atoms with Crippen LogP contribution in [0.1, 0.15) is 12.8 Å². The van der Waals surface area contributed by atoms with Gasteiger partial charge in [-0.1, -0.05) is 0 Å². The highest BCUT2D eigenvalue weighted by atomic mass is 16.2. The van der Waals surface area contributed by atoms with E-state index in [1.165, 1.54) is 0 Å². The summed E-state index contributed by atoms with van der Waals surface area (Å²) in [7, 11) is 0. The second-order valence-corrected chi connectivity index (χ2v) is 4.69. The van der Waals surface area contributed by atoms with Gasteiger partial charge in [-0.25, -0.2) is 19.7 Å². The van der Waals surface area contributed by atoms with Crippen LogP contribution in [0.5, 0.6) is 0 Å². The predicted octanol–water partition coefficient (Wildman–Crippen LogP) is 0.802. The molecule has 104 valence electrons. The molecule has 7 nitrogen and oxygen atoms in total. The van der Waals surface area contributed by atoms with E-state index in [2.05, 4.69) is 25.6 Å².